The van der Waals surface area contributed by atoms with Crippen LogP contribution in [0, 0.1) is 10.1 Å². The lowest BCUT2D eigenvalue weighted by Crippen LogP contribution is -1.97. The molecule has 0 fully saturated rings. The third-order valence-corrected chi connectivity index (χ3v) is 2.78. The Labute approximate surface area is 115 Å². The Bertz CT molecular complexity index is 632. The van der Waals surface area contributed by atoms with Crippen molar-refractivity contribution in [3.8, 4) is 17.4 Å². The number of phenolic OH excluding ortho intramolecular Hbond substituents is 1. The molecule has 1 heterocycles. The molecule has 0 aliphatic heterocycles. The molecule has 7 heteroatoms. The fraction of sp³-hybridized carbons (Fsp3) is 0.308. The van der Waals surface area contributed by atoms with Gasteiger partial charge in [0, 0.05) is 13.0 Å². The summed E-state index contributed by atoms with van der Waals surface area (Å²) in [5.74, 6) is 0.479. The molecule has 0 atom stereocenters. The number of hydrogen-bond acceptors (Lipinski definition) is 5. The lowest BCUT2D eigenvalue weighted by atomic mass is 10.1. The minimum atomic E-state index is -0.488. The van der Waals surface area contributed by atoms with Gasteiger partial charge >= 0.3 is 5.69 Å². The highest BCUT2D eigenvalue weighted by Crippen LogP contribution is 2.37. The van der Waals surface area contributed by atoms with Crippen LogP contribution in [0.4, 0.5) is 5.69 Å². The van der Waals surface area contributed by atoms with Gasteiger partial charge in [-0.2, -0.15) is 5.10 Å². The predicted molar refractivity (Wildman–Crippen MR) is 72.1 cm³/mol. The second-order valence-electron chi connectivity index (χ2n) is 4.67. The molecule has 0 radical (unpaired) electrons. The molecule has 0 unspecified atom stereocenters. The Balaban J connectivity index is 2.45. The van der Waals surface area contributed by atoms with Crippen LogP contribution in [0.25, 0.3) is 0 Å². The zero-order valence-electron chi connectivity index (χ0n) is 11.4. The number of ether oxygens (including phenoxy) is 1. The Morgan fingerprint density at radius 3 is 2.45 bits per heavy atom. The van der Waals surface area contributed by atoms with Crippen molar-refractivity contribution >= 4 is 5.69 Å². The van der Waals surface area contributed by atoms with Crippen molar-refractivity contribution < 1.29 is 14.8 Å². The number of benzene rings is 1. The first-order valence-electron chi connectivity index (χ1n) is 6.08. The van der Waals surface area contributed by atoms with Crippen LogP contribution >= 0.6 is 0 Å². The highest BCUT2D eigenvalue weighted by atomic mass is 16.6. The number of aromatic hydroxyl groups is 1. The van der Waals surface area contributed by atoms with Crippen molar-refractivity contribution in [2.24, 2.45) is 7.05 Å². The monoisotopic (exact) mass is 277 g/mol. The Morgan fingerprint density at radius 2 is 1.95 bits per heavy atom. The quantitative estimate of drug-likeness (QED) is 0.685. The molecule has 0 aliphatic carbocycles. The summed E-state index contributed by atoms with van der Waals surface area (Å²) < 4.78 is 6.88. The number of nitrogens with zero attached hydrogens (tertiary/aromatic N) is 3. The van der Waals surface area contributed by atoms with Gasteiger partial charge in [0.15, 0.2) is 0 Å². The molecule has 106 valence electrons. The van der Waals surface area contributed by atoms with Crippen molar-refractivity contribution in [3.63, 3.8) is 0 Å². The van der Waals surface area contributed by atoms with E-state index in [2.05, 4.69) is 5.10 Å². The first-order valence-corrected chi connectivity index (χ1v) is 6.08. The molecule has 0 bridgehead atoms. The van der Waals surface area contributed by atoms with E-state index < -0.39 is 4.92 Å². The number of aromatic nitrogens is 2. The molecule has 0 saturated heterocycles. The van der Waals surface area contributed by atoms with E-state index in [0.29, 0.717) is 11.4 Å². The first kappa shape index (κ1) is 13.9. The fourth-order valence-electron chi connectivity index (χ4n) is 1.82. The van der Waals surface area contributed by atoms with Gasteiger partial charge in [-0.1, -0.05) is 13.8 Å². The van der Waals surface area contributed by atoms with E-state index in [0.717, 1.165) is 0 Å². The summed E-state index contributed by atoms with van der Waals surface area (Å²) in [7, 11) is 1.59. The van der Waals surface area contributed by atoms with Crippen molar-refractivity contribution in [3.05, 3.63) is 40.1 Å². The molecular formula is C13H15N3O4. The molecule has 0 spiro atoms. The molecule has 2 rings (SSSR count). The van der Waals surface area contributed by atoms with Crippen LogP contribution in [0.2, 0.25) is 0 Å². The summed E-state index contributed by atoms with van der Waals surface area (Å²) in [6.45, 7) is 3.67. The van der Waals surface area contributed by atoms with E-state index in [9.17, 15) is 15.2 Å². The van der Waals surface area contributed by atoms with Crippen LogP contribution in [0.5, 0.6) is 17.4 Å². The molecule has 1 N–H and O–H groups in total. The molecule has 20 heavy (non-hydrogen) atoms. The van der Waals surface area contributed by atoms with Crippen molar-refractivity contribution in [1.82, 2.24) is 9.78 Å². The predicted octanol–water partition coefficient (Wildman–Crippen LogP) is 2.95. The maximum atomic E-state index is 11.2. The number of aryl methyl sites for hydroxylation is 1. The van der Waals surface area contributed by atoms with E-state index in [1.54, 1.807) is 7.05 Å². The van der Waals surface area contributed by atoms with E-state index >= 15 is 0 Å². The second-order valence-corrected chi connectivity index (χ2v) is 4.67. The van der Waals surface area contributed by atoms with Crippen LogP contribution in [0.1, 0.15) is 25.5 Å². The number of hydrogen-bond donors (Lipinski definition) is 1. The van der Waals surface area contributed by atoms with Gasteiger partial charge < -0.3 is 9.84 Å². The van der Waals surface area contributed by atoms with Crippen LogP contribution in [-0.4, -0.2) is 19.8 Å². The van der Waals surface area contributed by atoms with E-state index in [1.165, 1.54) is 28.9 Å². The first-order chi connectivity index (χ1) is 9.40. The average molecular weight is 277 g/mol. The maximum absolute atomic E-state index is 11.2. The number of rotatable bonds is 4. The molecule has 1 aromatic heterocycles. The van der Waals surface area contributed by atoms with Gasteiger partial charge in [-0.3, -0.25) is 10.1 Å². The van der Waals surface area contributed by atoms with Crippen LogP contribution < -0.4 is 4.74 Å². The largest absolute Gasteiger partial charge is 0.508 e. The molecule has 2 aromatic rings. The van der Waals surface area contributed by atoms with Crippen LogP contribution in [0.3, 0.4) is 0 Å². The summed E-state index contributed by atoms with van der Waals surface area (Å²) in [5, 5.41) is 24.6. The SMILES string of the molecule is CC(C)c1nn(C)c(Oc2ccc(O)cc2)c1[N+](=O)[O-]. The normalized spacial score (nSPS) is 10.8. The van der Waals surface area contributed by atoms with Gasteiger partial charge in [-0.05, 0) is 24.3 Å². The van der Waals surface area contributed by atoms with Crippen molar-refractivity contribution in [2.45, 2.75) is 19.8 Å². The van der Waals surface area contributed by atoms with E-state index in [4.69, 9.17) is 4.74 Å². The minimum Gasteiger partial charge on any atom is -0.508 e. The second kappa shape index (κ2) is 5.20. The average Bonchev–Trinajstić information content (AvgIpc) is 2.70. The maximum Gasteiger partial charge on any atom is 0.354 e. The summed E-state index contributed by atoms with van der Waals surface area (Å²) in [6.07, 6.45) is 0. The minimum absolute atomic E-state index is 0.0735. The van der Waals surface area contributed by atoms with E-state index in [-0.39, 0.29) is 23.2 Å². The molecule has 0 aliphatic rings. The smallest absolute Gasteiger partial charge is 0.354 e. The Kier molecular flexibility index (Phi) is 3.60. The summed E-state index contributed by atoms with van der Waals surface area (Å²) in [4.78, 5) is 10.7. The van der Waals surface area contributed by atoms with Gasteiger partial charge in [0.05, 0.1) is 4.92 Å². The van der Waals surface area contributed by atoms with Crippen LogP contribution in [0.15, 0.2) is 24.3 Å². The van der Waals surface area contributed by atoms with Crippen LogP contribution in [-0.2, 0) is 7.05 Å². The zero-order chi connectivity index (χ0) is 14.9. The van der Waals surface area contributed by atoms with Crippen molar-refractivity contribution in [1.29, 1.82) is 0 Å². The lowest BCUT2D eigenvalue weighted by molar-refractivity contribution is -0.386. The van der Waals surface area contributed by atoms with Gasteiger partial charge in [0.25, 0.3) is 5.88 Å². The highest BCUT2D eigenvalue weighted by molar-refractivity contribution is 5.49. The topological polar surface area (TPSA) is 90.4 Å². The Hall–Kier alpha value is -2.57. The molecule has 0 saturated carbocycles. The molecule has 0 amide bonds. The van der Waals surface area contributed by atoms with Gasteiger partial charge in [0.2, 0.25) is 0 Å². The molecule has 7 nitrogen and oxygen atoms in total. The highest BCUT2D eigenvalue weighted by Gasteiger charge is 2.30. The summed E-state index contributed by atoms with van der Waals surface area (Å²) >= 11 is 0. The van der Waals surface area contributed by atoms with E-state index in [1.807, 2.05) is 13.8 Å². The molecule has 1 aromatic carbocycles. The van der Waals surface area contributed by atoms with Gasteiger partial charge in [0.1, 0.15) is 17.2 Å². The zero-order valence-corrected chi connectivity index (χ0v) is 11.4. The fourth-order valence-corrected chi connectivity index (χ4v) is 1.82. The van der Waals surface area contributed by atoms with Crippen molar-refractivity contribution in [2.75, 3.05) is 0 Å². The number of nitro groups is 1. The third-order valence-electron chi connectivity index (χ3n) is 2.78. The van der Waals surface area contributed by atoms with Gasteiger partial charge in [-0.25, -0.2) is 4.68 Å². The Morgan fingerprint density at radius 1 is 1.35 bits per heavy atom. The lowest BCUT2D eigenvalue weighted by Gasteiger charge is -2.05. The molecular weight excluding hydrogens is 262 g/mol. The summed E-state index contributed by atoms with van der Waals surface area (Å²) in [6, 6.07) is 5.95. The number of phenols is 1. The summed E-state index contributed by atoms with van der Waals surface area (Å²) in [5.41, 5.74) is 0.252. The van der Waals surface area contributed by atoms with Gasteiger partial charge in [-0.15, -0.1) is 0 Å². The third kappa shape index (κ3) is 2.56. The standard InChI is InChI=1S/C13H15N3O4/c1-8(2)11-12(16(18)19)13(15(3)14-11)20-10-6-4-9(17)5-7-10/h4-8,17H,1-3H3.